The van der Waals surface area contributed by atoms with Crippen molar-refractivity contribution in [1.82, 2.24) is 15.2 Å². The van der Waals surface area contributed by atoms with E-state index < -0.39 is 18.1 Å². The van der Waals surface area contributed by atoms with E-state index in [0.717, 1.165) is 50.3 Å². The molecule has 5 rings (SSSR count). The van der Waals surface area contributed by atoms with Crippen LogP contribution in [0.5, 0.6) is 5.75 Å². The first-order valence-corrected chi connectivity index (χ1v) is 14.7. The monoisotopic (exact) mass is 571 g/mol. The van der Waals surface area contributed by atoms with Gasteiger partial charge in [-0.25, -0.2) is 4.79 Å². The van der Waals surface area contributed by atoms with Gasteiger partial charge in [0.2, 0.25) is 5.91 Å². The second kappa shape index (κ2) is 11.8. The largest absolute Gasteiger partial charge is 0.496 e. The molecule has 2 heterocycles. The predicted molar refractivity (Wildman–Crippen MR) is 150 cm³/mol. The van der Waals surface area contributed by atoms with Crippen molar-refractivity contribution in [1.29, 1.82) is 0 Å². The number of carbonyl (C=O) groups excluding carboxylic acids is 4. The number of Topliss-reactive ketones (excluding diaryl/α,β-unsaturated/α-hetero) is 1. The normalized spacial score (nSPS) is 23.3. The fourth-order valence-electron chi connectivity index (χ4n) is 6.99. The second-order valence-corrected chi connectivity index (χ2v) is 12.1. The van der Waals surface area contributed by atoms with E-state index in [1.807, 2.05) is 0 Å². The van der Waals surface area contributed by atoms with E-state index in [1.54, 1.807) is 30.2 Å². The van der Waals surface area contributed by atoms with Crippen LogP contribution in [0.25, 0.3) is 10.9 Å². The molecule has 2 saturated carbocycles. The van der Waals surface area contributed by atoms with Crippen molar-refractivity contribution in [3.63, 3.8) is 0 Å². The standard InChI is InChI=1S/C30H38ClN3O6/c1-39-26-14-19(31)13-21-20(26)15-22(32-21)28(37)34-17-30(10-6-3-7-11-30)16-24(34)27(36)33-23(29(38)40-2)12-18-8-4-5-9-25(18)35/h13-15,18,23-24,32H,3-12,16-17H2,1-2H3,(H,33,36)/t18-,23-,24?/m0/s1. The second-order valence-electron chi connectivity index (χ2n) is 11.7. The Bertz CT molecular complexity index is 1300. The fourth-order valence-corrected chi connectivity index (χ4v) is 7.20. The van der Waals surface area contributed by atoms with Gasteiger partial charge in [0.05, 0.1) is 19.7 Å². The van der Waals surface area contributed by atoms with Gasteiger partial charge in [0.25, 0.3) is 5.91 Å². The quantitative estimate of drug-likeness (QED) is 0.461. The zero-order valence-electron chi connectivity index (χ0n) is 23.2. The molecule has 1 unspecified atom stereocenters. The molecule has 3 atom stereocenters. The molecule has 1 aromatic carbocycles. The van der Waals surface area contributed by atoms with Crippen molar-refractivity contribution in [3.8, 4) is 5.75 Å². The molecule has 0 radical (unpaired) electrons. The lowest BCUT2D eigenvalue weighted by molar-refractivity contribution is -0.146. The summed E-state index contributed by atoms with van der Waals surface area (Å²) in [4.78, 5) is 57.8. The summed E-state index contributed by atoms with van der Waals surface area (Å²) in [5.41, 5.74) is 0.880. The average Bonchev–Trinajstić information content (AvgIpc) is 3.55. The molecule has 3 aliphatic rings. The van der Waals surface area contributed by atoms with E-state index >= 15 is 0 Å². The smallest absolute Gasteiger partial charge is 0.328 e. The molecule has 3 fully saturated rings. The Hall–Kier alpha value is -3.07. The number of nitrogens with zero attached hydrogens (tertiary/aromatic N) is 1. The van der Waals surface area contributed by atoms with Crippen molar-refractivity contribution < 1.29 is 28.7 Å². The summed E-state index contributed by atoms with van der Waals surface area (Å²) >= 11 is 6.24. The fraction of sp³-hybridized carbons (Fsp3) is 0.600. The van der Waals surface area contributed by atoms with Crippen LogP contribution >= 0.6 is 11.6 Å². The number of ketones is 1. The van der Waals surface area contributed by atoms with Crippen molar-refractivity contribution >= 4 is 46.1 Å². The Morgan fingerprint density at radius 3 is 2.60 bits per heavy atom. The third kappa shape index (κ3) is 5.71. The molecule has 0 bridgehead atoms. The summed E-state index contributed by atoms with van der Waals surface area (Å²) in [7, 11) is 2.83. The van der Waals surface area contributed by atoms with Gasteiger partial charge in [-0.05, 0) is 62.1 Å². The molecule has 2 aliphatic carbocycles. The lowest BCUT2D eigenvalue weighted by Crippen LogP contribution is -2.52. The van der Waals surface area contributed by atoms with Gasteiger partial charge in [-0.3, -0.25) is 14.4 Å². The van der Waals surface area contributed by atoms with Gasteiger partial charge in [-0.15, -0.1) is 0 Å². The number of ether oxygens (including phenoxy) is 2. The Morgan fingerprint density at radius 1 is 1.12 bits per heavy atom. The topological polar surface area (TPSA) is 118 Å². The van der Waals surface area contributed by atoms with Gasteiger partial charge in [0.1, 0.15) is 29.3 Å². The van der Waals surface area contributed by atoms with Crippen molar-refractivity contribution in [2.45, 2.75) is 82.7 Å². The van der Waals surface area contributed by atoms with Crippen LogP contribution in [0.4, 0.5) is 0 Å². The van der Waals surface area contributed by atoms with Crippen LogP contribution in [0, 0.1) is 11.3 Å². The Kier molecular flexibility index (Phi) is 8.40. The SMILES string of the molecule is COC(=O)[C@H](C[C@@H]1CCCCC1=O)NC(=O)C1CC2(CCCCC2)CN1C(=O)c1cc2c(OC)cc(Cl)cc2[nH]1. The minimum atomic E-state index is -0.941. The average molecular weight is 572 g/mol. The number of nitrogens with one attached hydrogen (secondary N) is 2. The maximum Gasteiger partial charge on any atom is 0.328 e. The van der Waals surface area contributed by atoms with Crippen LogP contribution in [0.3, 0.4) is 0 Å². The number of esters is 1. The molecule has 2 aromatic rings. The van der Waals surface area contributed by atoms with E-state index in [4.69, 9.17) is 21.1 Å². The van der Waals surface area contributed by atoms with Crippen molar-refractivity contribution in [3.05, 3.63) is 28.9 Å². The molecule has 1 spiro atoms. The third-order valence-corrected chi connectivity index (χ3v) is 9.32. The number of carbonyl (C=O) groups is 4. The Morgan fingerprint density at radius 2 is 1.90 bits per heavy atom. The zero-order chi connectivity index (χ0) is 28.4. The Balaban J connectivity index is 1.41. The third-order valence-electron chi connectivity index (χ3n) is 9.10. The number of halogens is 1. The van der Waals surface area contributed by atoms with Gasteiger partial charge in [0.15, 0.2) is 0 Å². The number of fused-ring (bicyclic) bond motifs is 1. The molecular weight excluding hydrogens is 534 g/mol. The minimum Gasteiger partial charge on any atom is -0.496 e. The number of methoxy groups -OCH3 is 2. The number of hydrogen-bond acceptors (Lipinski definition) is 6. The number of rotatable bonds is 7. The number of benzene rings is 1. The maximum atomic E-state index is 14.0. The van der Waals surface area contributed by atoms with E-state index in [9.17, 15) is 19.2 Å². The van der Waals surface area contributed by atoms with Gasteiger partial charge < -0.3 is 24.7 Å². The molecular formula is C30H38ClN3O6. The lowest BCUT2D eigenvalue weighted by atomic mass is 9.72. The van der Waals surface area contributed by atoms with Gasteiger partial charge in [0, 0.05) is 29.3 Å². The predicted octanol–water partition coefficient (Wildman–Crippen LogP) is 4.80. The van der Waals surface area contributed by atoms with Crippen LogP contribution in [-0.4, -0.2) is 66.3 Å². The number of hydrogen-bond donors (Lipinski definition) is 2. The highest BCUT2D eigenvalue weighted by Gasteiger charge is 2.49. The molecule has 9 nitrogen and oxygen atoms in total. The van der Waals surface area contributed by atoms with Crippen molar-refractivity contribution in [2.75, 3.05) is 20.8 Å². The molecule has 1 aromatic heterocycles. The summed E-state index contributed by atoms with van der Waals surface area (Å²) in [6, 6.07) is 3.49. The summed E-state index contributed by atoms with van der Waals surface area (Å²) in [5.74, 6) is -0.842. The first kappa shape index (κ1) is 28.5. The number of aromatic amines is 1. The van der Waals surface area contributed by atoms with Crippen LogP contribution in [-0.2, 0) is 19.1 Å². The summed E-state index contributed by atoms with van der Waals surface area (Å²) in [6.07, 6.45) is 8.91. The van der Waals surface area contributed by atoms with Crippen molar-refractivity contribution in [2.24, 2.45) is 11.3 Å². The highest BCUT2D eigenvalue weighted by molar-refractivity contribution is 6.31. The number of likely N-dealkylation sites (tertiary alicyclic amines) is 1. The van der Waals surface area contributed by atoms with E-state index in [0.29, 0.717) is 47.8 Å². The van der Waals surface area contributed by atoms with E-state index in [1.165, 1.54) is 7.11 Å². The van der Waals surface area contributed by atoms with Gasteiger partial charge in [-0.1, -0.05) is 37.3 Å². The first-order valence-electron chi connectivity index (χ1n) is 14.3. The minimum absolute atomic E-state index is 0.127. The van der Waals surface area contributed by atoms with E-state index in [-0.39, 0.29) is 35.4 Å². The van der Waals surface area contributed by atoms with Crippen LogP contribution in [0.15, 0.2) is 18.2 Å². The number of H-pyrrole nitrogens is 1. The lowest BCUT2D eigenvalue weighted by Gasteiger charge is -2.32. The highest BCUT2D eigenvalue weighted by Crippen LogP contribution is 2.47. The summed E-state index contributed by atoms with van der Waals surface area (Å²) in [5, 5.41) is 4.09. The number of amides is 2. The van der Waals surface area contributed by atoms with Gasteiger partial charge >= 0.3 is 5.97 Å². The van der Waals surface area contributed by atoms with Crippen LogP contribution in [0.1, 0.15) is 81.1 Å². The van der Waals surface area contributed by atoms with Crippen LogP contribution in [0.2, 0.25) is 5.02 Å². The van der Waals surface area contributed by atoms with E-state index in [2.05, 4.69) is 10.3 Å². The molecule has 2 N–H and O–H groups in total. The molecule has 40 heavy (non-hydrogen) atoms. The molecule has 1 saturated heterocycles. The summed E-state index contributed by atoms with van der Waals surface area (Å²) < 4.78 is 10.5. The highest BCUT2D eigenvalue weighted by atomic mass is 35.5. The zero-order valence-corrected chi connectivity index (χ0v) is 24.0. The van der Waals surface area contributed by atoms with Crippen LogP contribution < -0.4 is 10.1 Å². The van der Waals surface area contributed by atoms with Gasteiger partial charge in [-0.2, -0.15) is 0 Å². The molecule has 2 amide bonds. The Labute approximate surface area is 239 Å². The summed E-state index contributed by atoms with van der Waals surface area (Å²) in [6.45, 7) is 0.473. The molecule has 216 valence electrons. The molecule has 10 heteroatoms. The number of aromatic nitrogens is 1. The molecule has 1 aliphatic heterocycles. The maximum absolute atomic E-state index is 14.0. The first-order chi connectivity index (χ1) is 19.2.